The smallest absolute Gasteiger partial charge is 0.475 e. The standard InChI is InChI=1S/C22H26F2N3O10P/c1-11(2)36-38(30)34-10-14-18(37-38)22(23,24)20(35-14)27-9-8-15(26-21(27)29)25-19(28)12-6-7-13(31-3)17(33-5)16(12)32-4/h6-9,11,14,18,20H,10H2,1-5H3,(H,25,26,28,29)/t14-,18-,20?,38?/m1/s1. The number of nitrogens with zero attached hydrogens (tertiary/aromatic N) is 2. The second kappa shape index (κ2) is 10.6. The topological polar surface area (TPSA) is 146 Å². The summed E-state index contributed by atoms with van der Waals surface area (Å²) in [6, 6.07) is 4.03. The quantitative estimate of drug-likeness (QED) is 0.475. The molecule has 1 N–H and O–H groups in total. The molecule has 0 aliphatic carbocycles. The molecule has 1 aromatic carbocycles. The van der Waals surface area contributed by atoms with E-state index in [2.05, 4.69) is 10.3 Å². The van der Waals surface area contributed by atoms with E-state index in [9.17, 15) is 14.2 Å². The summed E-state index contributed by atoms with van der Waals surface area (Å²) in [5, 5.41) is 2.41. The molecule has 0 saturated carbocycles. The van der Waals surface area contributed by atoms with E-state index in [4.69, 9.17) is 32.5 Å². The van der Waals surface area contributed by atoms with Crippen LogP contribution in [-0.2, 0) is 22.9 Å². The molecule has 0 bridgehead atoms. The van der Waals surface area contributed by atoms with Crippen molar-refractivity contribution in [2.24, 2.45) is 0 Å². The number of phosphoric ester groups is 1. The first-order valence-corrected chi connectivity index (χ1v) is 12.7. The van der Waals surface area contributed by atoms with Crippen molar-refractivity contribution in [2.45, 2.75) is 44.3 Å². The maximum absolute atomic E-state index is 15.3. The molecule has 2 fully saturated rings. The Morgan fingerprint density at radius 2 is 1.89 bits per heavy atom. The van der Waals surface area contributed by atoms with E-state index in [0.717, 1.165) is 12.3 Å². The third-order valence-electron chi connectivity index (χ3n) is 5.60. The molecule has 4 rings (SSSR count). The van der Waals surface area contributed by atoms with Crippen LogP contribution >= 0.6 is 7.82 Å². The molecule has 4 atom stereocenters. The first kappa shape index (κ1) is 27.9. The van der Waals surface area contributed by atoms with Gasteiger partial charge in [-0.15, -0.1) is 0 Å². The van der Waals surface area contributed by atoms with E-state index < -0.39 is 56.5 Å². The third kappa shape index (κ3) is 5.12. The number of hydrogen-bond donors (Lipinski definition) is 1. The van der Waals surface area contributed by atoms with Crippen LogP contribution in [0.25, 0.3) is 0 Å². The van der Waals surface area contributed by atoms with E-state index in [-0.39, 0.29) is 22.9 Å². The zero-order valence-electron chi connectivity index (χ0n) is 21.0. The second-order valence-corrected chi connectivity index (χ2v) is 10.0. The number of fused-ring (bicyclic) bond motifs is 1. The third-order valence-corrected chi connectivity index (χ3v) is 7.23. The summed E-state index contributed by atoms with van der Waals surface area (Å²) in [6.45, 7) is 2.58. The van der Waals surface area contributed by atoms with Crippen LogP contribution in [-0.4, -0.2) is 67.6 Å². The maximum atomic E-state index is 15.3. The molecule has 3 heterocycles. The molecule has 38 heavy (non-hydrogen) atoms. The van der Waals surface area contributed by atoms with E-state index >= 15 is 8.78 Å². The van der Waals surface area contributed by atoms with Crippen molar-refractivity contribution in [3.8, 4) is 17.2 Å². The number of nitrogens with one attached hydrogen (secondary N) is 1. The summed E-state index contributed by atoms with van der Waals surface area (Å²) in [4.78, 5) is 29.2. The highest BCUT2D eigenvalue weighted by atomic mass is 31.2. The molecular weight excluding hydrogens is 535 g/mol. The highest BCUT2D eigenvalue weighted by molar-refractivity contribution is 7.48. The predicted octanol–water partition coefficient (Wildman–Crippen LogP) is 3.00. The van der Waals surface area contributed by atoms with E-state index in [1.54, 1.807) is 0 Å². The molecular formula is C22H26F2N3O10P. The molecule has 2 unspecified atom stereocenters. The van der Waals surface area contributed by atoms with Crippen molar-refractivity contribution in [3.05, 3.63) is 40.4 Å². The van der Waals surface area contributed by atoms with Crippen molar-refractivity contribution in [1.29, 1.82) is 0 Å². The number of rotatable bonds is 8. The number of carbonyl (C=O) groups excluding carboxylic acids is 1. The number of methoxy groups -OCH3 is 3. The number of phosphoric acid groups is 1. The fourth-order valence-electron chi connectivity index (χ4n) is 4.00. The van der Waals surface area contributed by atoms with Gasteiger partial charge in [0, 0.05) is 6.20 Å². The number of amides is 1. The number of alkyl halides is 2. The maximum Gasteiger partial charge on any atom is 0.475 e. The summed E-state index contributed by atoms with van der Waals surface area (Å²) in [7, 11) is -0.144. The van der Waals surface area contributed by atoms with Crippen LogP contribution in [0.1, 0.15) is 30.4 Å². The molecule has 2 saturated heterocycles. The summed E-state index contributed by atoms with van der Waals surface area (Å²) >= 11 is 0. The number of benzene rings is 1. The molecule has 0 spiro atoms. The number of hydrogen-bond acceptors (Lipinski definition) is 11. The Balaban J connectivity index is 1.55. The van der Waals surface area contributed by atoms with Crippen molar-refractivity contribution < 1.29 is 50.7 Å². The van der Waals surface area contributed by atoms with Crippen LogP contribution in [0.4, 0.5) is 14.6 Å². The van der Waals surface area contributed by atoms with E-state index in [1.807, 2.05) is 0 Å². The Kier molecular flexibility index (Phi) is 7.77. The number of ether oxygens (including phenoxy) is 4. The molecule has 2 aliphatic heterocycles. The molecule has 1 aromatic heterocycles. The minimum Gasteiger partial charge on any atom is -0.493 e. The fraction of sp³-hybridized carbons (Fsp3) is 0.500. The number of carbonyl (C=O) groups is 1. The average molecular weight is 561 g/mol. The van der Waals surface area contributed by atoms with Crippen LogP contribution in [0.3, 0.4) is 0 Å². The van der Waals surface area contributed by atoms with Crippen LogP contribution in [0.2, 0.25) is 0 Å². The number of halogens is 2. The normalized spacial score (nSPS) is 26.1. The summed E-state index contributed by atoms with van der Waals surface area (Å²) in [6.07, 6.45) is -5.08. The number of anilines is 1. The van der Waals surface area contributed by atoms with Crippen molar-refractivity contribution in [1.82, 2.24) is 9.55 Å². The van der Waals surface area contributed by atoms with Gasteiger partial charge in [-0.1, -0.05) is 0 Å². The minimum atomic E-state index is -4.26. The molecule has 13 nitrogen and oxygen atoms in total. The van der Waals surface area contributed by atoms with Gasteiger partial charge in [-0.2, -0.15) is 13.8 Å². The molecule has 0 radical (unpaired) electrons. The lowest BCUT2D eigenvalue weighted by Crippen LogP contribution is -2.45. The van der Waals surface area contributed by atoms with E-state index in [0.29, 0.717) is 10.3 Å². The summed E-state index contributed by atoms with van der Waals surface area (Å²) in [5.74, 6) is -4.18. The zero-order valence-corrected chi connectivity index (χ0v) is 21.9. The van der Waals surface area contributed by atoms with Crippen molar-refractivity contribution >= 4 is 19.5 Å². The van der Waals surface area contributed by atoms with Crippen LogP contribution in [0, 0.1) is 0 Å². The lowest BCUT2D eigenvalue weighted by molar-refractivity contribution is -0.139. The van der Waals surface area contributed by atoms with Gasteiger partial charge in [-0.3, -0.25) is 22.9 Å². The van der Waals surface area contributed by atoms with Gasteiger partial charge in [0.1, 0.15) is 11.9 Å². The van der Waals surface area contributed by atoms with Gasteiger partial charge in [-0.25, -0.2) is 9.36 Å². The first-order chi connectivity index (χ1) is 17.9. The Bertz CT molecular complexity index is 1320. The monoisotopic (exact) mass is 561 g/mol. The Morgan fingerprint density at radius 3 is 2.50 bits per heavy atom. The largest absolute Gasteiger partial charge is 0.493 e. The van der Waals surface area contributed by atoms with Gasteiger partial charge in [0.2, 0.25) is 12.0 Å². The highest BCUT2D eigenvalue weighted by Gasteiger charge is 2.65. The van der Waals surface area contributed by atoms with Crippen LogP contribution in [0.5, 0.6) is 17.2 Å². The highest BCUT2D eigenvalue weighted by Crippen LogP contribution is 2.60. The molecule has 208 valence electrons. The van der Waals surface area contributed by atoms with Gasteiger partial charge >= 0.3 is 19.4 Å². The lowest BCUT2D eigenvalue weighted by Gasteiger charge is -2.32. The van der Waals surface area contributed by atoms with Gasteiger partial charge < -0.3 is 24.3 Å². The molecule has 16 heteroatoms. The second-order valence-electron chi connectivity index (χ2n) is 8.46. The fourth-order valence-corrected chi connectivity index (χ4v) is 5.58. The van der Waals surface area contributed by atoms with Gasteiger partial charge in [0.15, 0.2) is 17.6 Å². The minimum absolute atomic E-state index is 0.0380. The van der Waals surface area contributed by atoms with Crippen molar-refractivity contribution in [2.75, 3.05) is 33.3 Å². The Labute approximate surface area is 215 Å². The van der Waals surface area contributed by atoms with Crippen LogP contribution in [0.15, 0.2) is 29.2 Å². The zero-order chi connectivity index (χ0) is 27.8. The van der Waals surface area contributed by atoms with Crippen molar-refractivity contribution in [3.63, 3.8) is 0 Å². The molecule has 2 aliphatic rings. The van der Waals surface area contributed by atoms with Gasteiger partial charge in [0.25, 0.3) is 5.91 Å². The van der Waals surface area contributed by atoms with Gasteiger partial charge in [-0.05, 0) is 32.0 Å². The first-order valence-electron chi connectivity index (χ1n) is 11.3. The lowest BCUT2D eigenvalue weighted by atomic mass is 10.1. The number of aromatic nitrogens is 2. The molecule has 2 aromatic rings. The SMILES string of the molecule is COc1ccc(C(=O)Nc2ccn(C3O[C@@H]4COP(=O)(OC(C)C)O[C@H]4C3(F)F)c(=O)n2)c(OC)c1OC. The van der Waals surface area contributed by atoms with E-state index in [1.165, 1.54) is 47.3 Å². The summed E-state index contributed by atoms with van der Waals surface area (Å²) in [5.41, 5.74) is -1.11. The Morgan fingerprint density at radius 1 is 1.18 bits per heavy atom. The Hall–Kier alpha value is -3.10. The molecule has 1 amide bonds. The predicted molar refractivity (Wildman–Crippen MR) is 126 cm³/mol. The average Bonchev–Trinajstić information content (AvgIpc) is 3.11. The van der Waals surface area contributed by atoms with Crippen LogP contribution < -0.4 is 25.2 Å². The van der Waals surface area contributed by atoms with Gasteiger partial charge in [0.05, 0.1) is 39.6 Å². The summed E-state index contributed by atoms with van der Waals surface area (Å²) < 4.78 is 79.8.